The van der Waals surface area contributed by atoms with Crippen molar-refractivity contribution in [1.29, 1.82) is 0 Å². The molecule has 0 saturated carbocycles. The number of aryl methyl sites for hydroxylation is 4. The number of nitrogens with zero attached hydrogens (tertiary/aromatic N) is 4. The molecule has 0 aliphatic carbocycles. The highest BCUT2D eigenvalue weighted by molar-refractivity contribution is 7.86. The maximum Gasteiger partial charge on any atom is 0.522 e. The van der Waals surface area contributed by atoms with Crippen molar-refractivity contribution in [1.82, 2.24) is 9.13 Å². The summed E-state index contributed by atoms with van der Waals surface area (Å²) in [5, 5.41) is 0. The molecule has 0 aliphatic rings. The van der Waals surface area contributed by atoms with E-state index in [1.165, 1.54) is 57.9 Å². The van der Waals surface area contributed by atoms with Gasteiger partial charge in [-0.1, -0.05) is 45.4 Å². The van der Waals surface area contributed by atoms with Gasteiger partial charge >= 0.3 is 15.6 Å². The van der Waals surface area contributed by atoms with Gasteiger partial charge in [0.1, 0.15) is 24.8 Å². The highest BCUT2D eigenvalue weighted by Crippen LogP contribution is 2.20. The van der Waals surface area contributed by atoms with Crippen LogP contribution in [0.25, 0.3) is 0 Å². The number of halogens is 3. The van der Waals surface area contributed by atoms with E-state index in [4.69, 9.17) is 13.0 Å². The first kappa shape index (κ1) is 30.1. The van der Waals surface area contributed by atoms with Gasteiger partial charge in [0.05, 0.1) is 27.2 Å². The predicted molar refractivity (Wildman–Crippen MR) is 117 cm³/mol. The smallest absolute Gasteiger partial charge is 0.279 e. The molecule has 2 aromatic rings. The van der Waals surface area contributed by atoms with E-state index in [2.05, 4.69) is 65.8 Å². The quantitative estimate of drug-likeness (QED) is 0.238. The average molecular weight is 485 g/mol. The zero-order chi connectivity index (χ0) is 24.6. The van der Waals surface area contributed by atoms with E-state index >= 15 is 0 Å². The van der Waals surface area contributed by atoms with E-state index in [9.17, 15) is 13.2 Å². The summed E-state index contributed by atoms with van der Waals surface area (Å²) in [5.74, 6) is 0. The van der Waals surface area contributed by atoms with Gasteiger partial charge in [-0.3, -0.25) is 4.55 Å². The number of rotatable bonds is 10. The molecule has 186 valence electrons. The van der Waals surface area contributed by atoms with Crippen LogP contribution < -0.4 is 9.13 Å². The molecule has 0 spiro atoms. The summed E-state index contributed by atoms with van der Waals surface area (Å²) in [7, 11) is -1.75. The summed E-state index contributed by atoms with van der Waals surface area (Å²) in [6.45, 7) is 6.63. The SMILES string of the molecule is CCCCCCCCCCn1cc[n+](C)c1.CCn1cc[n+](C)c1.O=S(=O)(O)C(F)(F)F. The van der Waals surface area contributed by atoms with Crippen LogP contribution in [-0.4, -0.2) is 27.6 Å². The molecule has 0 fully saturated rings. The molecule has 0 atom stereocenters. The molecule has 0 saturated heterocycles. The molecule has 0 radical (unpaired) electrons. The summed E-state index contributed by atoms with van der Waals surface area (Å²) < 4.78 is 66.1. The van der Waals surface area contributed by atoms with Crippen molar-refractivity contribution in [3.63, 3.8) is 0 Å². The van der Waals surface area contributed by atoms with Gasteiger partial charge in [0, 0.05) is 0 Å². The van der Waals surface area contributed by atoms with Crippen LogP contribution in [0.15, 0.2) is 37.4 Å². The average Bonchev–Trinajstić information content (AvgIpc) is 3.31. The van der Waals surface area contributed by atoms with E-state index in [-0.39, 0.29) is 0 Å². The van der Waals surface area contributed by atoms with Crippen LogP contribution in [-0.2, 0) is 37.3 Å². The zero-order valence-electron chi connectivity index (χ0n) is 19.6. The number of aromatic nitrogens is 4. The Bertz CT molecular complexity index is 833. The van der Waals surface area contributed by atoms with Crippen LogP contribution in [0, 0.1) is 0 Å². The van der Waals surface area contributed by atoms with Gasteiger partial charge in [0.2, 0.25) is 12.7 Å². The molecule has 0 amide bonds. The molecular weight excluding hydrogens is 445 g/mol. The van der Waals surface area contributed by atoms with Crippen LogP contribution in [0.1, 0.15) is 65.2 Å². The molecule has 2 aromatic heterocycles. The normalized spacial score (nSPS) is 11.4. The topological polar surface area (TPSA) is 72.0 Å². The Morgan fingerprint density at radius 1 is 0.812 bits per heavy atom. The van der Waals surface area contributed by atoms with Gasteiger partial charge in [-0.05, 0) is 19.8 Å². The first-order valence-electron chi connectivity index (χ1n) is 11.0. The van der Waals surface area contributed by atoms with Crippen molar-refractivity contribution in [3.8, 4) is 0 Å². The second-order valence-corrected chi connectivity index (χ2v) is 9.04. The van der Waals surface area contributed by atoms with Gasteiger partial charge in [-0.15, -0.1) is 0 Å². The molecule has 0 aliphatic heterocycles. The van der Waals surface area contributed by atoms with Gasteiger partial charge < -0.3 is 0 Å². The number of unbranched alkanes of at least 4 members (excludes halogenated alkanes) is 7. The molecule has 0 bridgehead atoms. The van der Waals surface area contributed by atoms with E-state index in [0.29, 0.717) is 0 Å². The lowest BCUT2D eigenvalue weighted by Gasteiger charge is -2.00. The minimum Gasteiger partial charge on any atom is -0.279 e. The van der Waals surface area contributed by atoms with Gasteiger partial charge in [-0.2, -0.15) is 21.6 Å². The molecule has 0 unspecified atom stereocenters. The largest absolute Gasteiger partial charge is 0.522 e. The van der Waals surface area contributed by atoms with Crippen LogP contribution in [0.2, 0.25) is 0 Å². The minimum atomic E-state index is -5.84. The molecule has 1 N–H and O–H groups in total. The monoisotopic (exact) mass is 484 g/mol. The fourth-order valence-electron chi connectivity index (χ4n) is 2.75. The summed E-state index contributed by atoms with van der Waals surface area (Å²) in [4.78, 5) is 0. The van der Waals surface area contributed by atoms with E-state index in [1.807, 2.05) is 17.8 Å². The van der Waals surface area contributed by atoms with E-state index in [1.54, 1.807) is 0 Å². The third-order valence-corrected chi connectivity index (χ3v) is 5.16. The predicted octanol–water partition coefficient (Wildman–Crippen LogP) is 4.18. The van der Waals surface area contributed by atoms with Crippen molar-refractivity contribution in [3.05, 3.63) is 37.4 Å². The first-order chi connectivity index (χ1) is 14.9. The van der Waals surface area contributed by atoms with Crippen molar-refractivity contribution in [2.75, 3.05) is 0 Å². The number of alkyl halides is 3. The Hall–Kier alpha value is -1.88. The summed E-state index contributed by atoms with van der Waals surface area (Å²) in [5.41, 5.74) is -5.53. The van der Waals surface area contributed by atoms with Gasteiger partial charge in [0.25, 0.3) is 0 Å². The lowest BCUT2D eigenvalue weighted by molar-refractivity contribution is -0.671. The lowest BCUT2D eigenvalue weighted by atomic mass is 10.1. The van der Waals surface area contributed by atoms with Crippen LogP contribution in [0.4, 0.5) is 13.2 Å². The van der Waals surface area contributed by atoms with Crippen LogP contribution >= 0.6 is 0 Å². The lowest BCUT2D eigenvalue weighted by Crippen LogP contribution is -2.23. The van der Waals surface area contributed by atoms with Crippen LogP contribution in [0.5, 0.6) is 0 Å². The third-order valence-electron chi connectivity index (χ3n) is 4.57. The second kappa shape index (κ2) is 15.8. The molecule has 0 aromatic carbocycles. The van der Waals surface area contributed by atoms with Crippen molar-refractivity contribution in [2.24, 2.45) is 14.1 Å². The summed E-state index contributed by atoms with van der Waals surface area (Å²) >= 11 is 0. The Kier molecular flexibility index (Phi) is 14.9. The fraction of sp³-hybridized carbons (Fsp3) is 0.714. The molecule has 2 heterocycles. The third kappa shape index (κ3) is 15.0. The fourth-order valence-corrected chi connectivity index (χ4v) is 2.75. The molecule has 7 nitrogen and oxygen atoms in total. The standard InChI is InChI=1S/C14H27N2.C6H11N2.CHF3O3S/c1-3-4-5-6-7-8-9-10-11-16-13-12-15(2)14-16;1-3-8-5-4-7(2)6-8;2-1(3,4)8(5,6)7/h12-14H,3-11H2,1-2H3;4-6H,3H2,1-2H3;(H,5,6,7)/q2*+1;. The van der Waals surface area contributed by atoms with E-state index < -0.39 is 15.6 Å². The van der Waals surface area contributed by atoms with Crippen molar-refractivity contribution < 1.29 is 35.3 Å². The highest BCUT2D eigenvalue weighted by atomic mass is 32.2. The van der Waals surface area contributed by atoms with Crippen molar-refractivity contribution in [2.45, 2.75) is 83.8 Å². The maximum absolute atomic E-state index is 10.7. The molecule has 2 rings (SSSR count). The molecule has 32 heavy (non-hydrogen) atoms. The van der Waals surface area contributed by atoms with Crippen LogP contribution in [0.3, 0.4) is 0 Å². The Balaban J connectivity index is 0.000000504. The maximum atomic E-state index is 10.7. The van der Waals surface area contributed by atoms with Crippen molar-refractivity contribution >= 4 is 10.1 Å². The number of imidazole rings is 2. The first-order valence-corrected chi connectivity index (χ1v) is 12.4. The summed E-state index contributed by atoms with van der Waals surface area (Å²) in [6, 6.07) is 0. The number of hydrogen-bond acceptors (Lipinski definition) is 2. The minimum absolute atomic E-state index is 1.06. The second-order valence-electron chi connectivity index (χ2n) is 7.62. The Labute approximate surface area is 190 Å². The highest BCUT2D eigenvalue weighted by Gasteiger charge is 2.44. The zero-order valence-corrected chi connectivity index (χ0v) is 20.4. The molecule has 11 heteroatoms. The summed E-state index contributed by atoms with van der Waals surface area (Å²) in [6.07, 6.45) is 23.7. The Morgan fingerprint density at radius 3 is 1.53 bits per heavy atom. The van der Waals surface area contributed by atoms with Gasteiger partial charge in [0.15, 0.2) is 0 Å². The Morgan fingerprint density at radius 2 is 1.22 bits per heavy atom. The van der Waals surface area contributed by atoms with Gasteiger partial charge in [-0.25, -0.2) is 18.3 Å². The molecular formula is C21H39F3N4O3S+2. The van der Waals surface area contributed by atoms with E-state index in [0.717, 1.165) is 6.54 Å². The number of hydrogen-bond donors (Lipinski definition) is 1.